The Balaban J connectivity index is 1.88. The van der Waals surface area contributed by atoms with Gasteiger partial charge in [-0.15, -0.1) is 0 Å². The van der Waals surface area contributed by atoms with E-state index < -0.39 is 29.4 Å². The summed E-state index contributed by atoms with van der Waals surface area (Å²) in [7, 11) is 1.60. The van der Waals surface area contributed by atoms with Gasteiger partial charge >= 0.3 is 0 Å². The minimum absolute atomic E-state index is 0.212. The lowest BCUT2D eigenvalue weighted by Crippen LogP contribution is -2.69. The summed E-state index contributed by atoms with van der Waals surface area (Å²) in [5.74, 6) is -1.77. The third-order valence-corrected chi connectivity index (χ3v) is 5.72. The van der Waals surface area contributed by atoms with Gasteiger partial charge in [-0.05, 0) is 23.7 Å². The van der Waals surface area contributed by atoms with Gasteiger partial charge in [0.1, 0.15) is 6.04 Å². The molecule has 0 aromatic heterocycles. The first kappa shape index (κ1) is 21.7. The lowest BCUT2D eigenvalue weighted by atomic mass is 9.86. The monoisotopic (exact) mass is 408 g/mol. The molecule has 0 spiro atoms. The lowest BCUT2D eigenvalue weighted by Gasteiger charge is -2.38. The topological polar surface area (TPSA) is 99.3 Å². The number of amides is 3. The Morgan fingerprint density at radius 2 is 1.77 bits per heavy atom. The Bertz CT molecular complexity index is 931. The highest BCUT2D eigenvalue weighted by atomic mass is 16.2. The van der Waals surface area contributed by atoms with E-state index in [-0.39, 0.29) is 12.3 Å². The zero-order chi connectivity index (χ0) is 21.7. The summed E-state index contributed by atoms with van der Waals surface area (Å²) in [6.45, 7) is 4.12. The van der Waals surface area contributed by atoms with Crippen LogP contribution in [0.2, 0.25) is 0 Å². The van der Waals surface area contributed by atoms with Crippen LogP contribution in [-0.4, -0.2) is 30.4 Å². The molecule has 3 rings (SSSR count). The second-order valence-electron chi connectivity index (χ2n) is 7.42. The van der Waals surface area contributed by atoms with Gasteiger partial charge in [0, 0.05) is 18.9 Å². The summed E-state index contributed by atoms with van der Waals surface area (Å²) in [6, 6.07) is 16.4. The van der Waals surface area contributed by atoms with Crippen LogP contribution in [0.1, 0.15) is 48.9 Å². The SMILES string of the molecule is CCC(=O)NC(NC)(C(=O)NC(=O)C1NCc2ccccc21)C(C)c1ccccc1. The summed E-state index contributed by atoms with van der Waals surface area (Å²) in [4.78, 5) is 38.7. The number of imide groups is 1. The third-order valence-electron chi connectivity index (χ3n) is 5.72. The van der Waals surface area contributed by atoms with Crippen molar-refractivity contribution in [1.82, 2.24) is 21.3 Å². The van der Waals surface area contributed by atoms with Crippen molar-refractivity contribution in [2.75, 3.05) is 7.05 Å². The van der Waals surface area contributed by atoms with Gasteiger partial charge in [-0.25, -0.2) is 0 Å². The van der Waals surface area contributed by atoms with E-state index in [1.807, 2.05) is 61.5 Å². The molecule has 30 heavy (non-hydrogen) atoms. The Hall–Kier alpha value is -3.03. The Kier molecular flexibility index (Phi) is 6.64. The molecule has 0 aliphatic carbocycles. The molecule has 1 aliphatic heterocycles. The Labute approximate surface area is 176 Å². The van der Waals surface area contributed by atoms with Crippen molar-refractivity contribution >= 4 is 17.7 Å². The number of rotatable bonds is 7. The molecule has 7 heteroatoms. The zero-order valence-corrected chi connectivity index (χ0v) is 17.5. The molecule has 0 fully saturated rings. The van der Waals surface area contributed by atoms with Crippen molar-refractivity contribution < 1.29 is 14.4 Å². The quantitative estimate of drug-likeness (QED) is 0.523. The normalized spacial score (nSPS) is 18.0. The van der Waals surface area contributed by atoms with Crippen LogP contribution in [0.25, 0.3) is 0 Å². The molecule has 1 heterocycles. The van der Waals surface area contributed by atoms with Gasteiger partial charge in [0.15, 0.2) is 5.66 Å². The van der Waals surface area contributed by atoms with Gasteiger partial charge in [0.05, 0.1) is 0 Å². The van der Waals surface area contributed by atoms with Crippen molar-refractivity contribution in [2.45, 2.75) is 44.4 Å². The molecule has 3 amide bonds. The number of likely N-dealkylation sites (N-methyl/N-ethyl adjacent to an activating group) is 1. The van der Waals surface area contributed by atoms with Gasteiger partial charge in [-0.1, -0.05) is 68.4 Å². The number of benzene rings is 2. The highest BCUT2D eigenvalue weighted by Gasteiger charge is 2.45. The van der Waals surface area contributed by atoms with Crippen molar-refractivity contribution in [3.8, 4) is 0 Å². The number of carbonyl (C=O) groups excluding carboxylic acids is 3. The molecule has 1 aliphatic rings. The van der Waals surface area contributed by atoms with E-state index in [4.69, 9.17) is 0 Å². The molecule has 2 aromatic rings. The molecule has 0 saturated carbocycles. The zero-order valence-electron chi connectivity index (χ0n) is 17.5. The summed E-state index contributed by atoms with van der Waals surface area (Å²) in [6.07, 6.45) is 0.212. The molecule has 2 aromatic carbocycles. The van der Waals surface area contributed by atoms with Crippen LogP contribution in [0.3, 0.4) is 0 Å². The summed E-state index contributed by atoms with van der Waals surface area (Å²) >= 11 is 0. The van der Waals surface area contributed by atoms with E-state index in [0.717, 1.165) is 16.7 Å². The minimum Gasteiger partial charge on any atom is -0.329 e. The first-order valence-corrected chi connectivity index (χ1v) is 10.1. The predicted molar refractivity (Wildman–Crippen MR) is 114 cm³/mol. The van der Waals surface area contributed by atoms with Gasteiger partial charge in [-0.2, -0.15) is 0 Å². The molecule has 3 unspecified atom stereocenters. The van der Waals surface area contributed by atoms with Crippen LogP contribution in [0, 0.1) is 0 Å². The molecular formula is C23H28N4O3. The average molecular weight is 409 g/mol. The fraction of sp³-hybridized carbons (Fsp3) is 0.348. The van der Waals surface area contributed by atoms with Gasteiger partial charge < -0.3 is 5.32 Å². The highest BCUT2D eigenvalue weighted by Crippen LogP contribution is 2.28. The van der Waals surface area contributed by atoms with Crippen molar-refractivity contribution in [3.05, 3.63) is 71.3 Å². The van der Waals surface area contributed by atoms with Crippen LogP contribution in [0.4, 0.5) is 0 Å². The van der Waals surface area contributed by atoms with E-state index in [1.165, 1.54) is 0 Å². The number of fused-ring (bicyclic) bond motifs is 1. The fourth-order valence-corrected chi connectivity index (χ4v) is 3.87. The second-order valence-corrected chi connectivity index (χ2v) is 7.42. The largest absolute Gasteiger partial charge is 0.329 e. The number of carbonyl (C=O) groups is 3. The van der Waals surface area contributed by atoms with Gasteiger partial charge in [0.2, 0.25) is 11.8 Å². The number of hydrogen-bond acceptors (Lipinski definition) is 5. The maximum atomic E-state index is 13.4. The van der Waals surface area contributed by atoms with Crippen LogP contribution in [0.15, 0.2) is 54.6 Å². The maximum Gasteiger partial charge on any atom is 0.268 e. The smallest absolute Gasteiger partial charge is 0.268 e. The van der Waals surface area contributed by atoms with Crippen LogP contribution in [0.5, 0.6) is 0 Å². The molecule has 0 saturated heterocycles. The minimum atomic E-state index is -1.48. The van der Waals surface area contributed by atoms with Gasteiger partial charge in [0.25, 0.3) is 5.91 Å². The molecule has 7 nitrogen and oxygen atoms in total. The Morgan fingerprint density at radius 1 is 1.10 bits per heavy atom. The molecule has 158 valence electrons. The first-order valence-electron chi connectivity index (χ1n) is 10.1. The maximum absolute atomic E-state index is 13.4. The highest BCUT2D eigenvalue weighted by molar-refractivity contribution is 6.04. The van der Waals surface area contributed by atoms with E-state index in [9.17, 15) is 14.4 Å². The van der Waals surface area contributed by atoms with Crippen LogP contribution < -0.4 is 21.3 Å². The summed E-state index contributed by atoms with van der Waals surface area (Å²) in [5, 5.41) is 11.4. The van der Waals surface area contributed by atoms with Crippen molar-refractivity contribution in [2.24, 2.45) is 0 Å². The Morgan fingerprint density at radius 3 is 2.43 bits per heavy atom. The summed E-state index contributed by atoms with van der Waals surface area (Å²) in [5.41, 5.74) is 1.26. The predicted octanol–water partition coefficient (Wildman–Crippen LogP) is 1.72. The summed E-state index contributed by atoms with van der Waals surface area (Å²) < 4.78 is 0. The number of nitrogens with one attached hydrogen (secondary N) is 4. The van der Waals surface area contributed by atoms with E-state index in [1.54, 1.807) is 14.0 Å². The standard InChI is InChI=1S/C23H28N4O3/c1-4-19(28)27-23(24-3,15(2)16-10-6-5-7-11-16)22(30)26-21(29)20-18-13-9-8-12-17(18)14-25-20/h5-13,15,20,24-25H,4,14H2,1-3H3,(H,27,28)(H,26,29,30). The molecule has 4 N–H and O–H groups in total. The molecular weight excluding hydrogens is 380 g/mol. The first-order chi connectivity index (χ1) is 14.4. The molecule has 3 atom stereocenters. The second kappa shape index (κ2) is 9.19. The average Bonchev–Trinajstić information content (AvgIpc) is 3.21. The third kappa shape index (κ3) is 4.13. The van der Waals surface area contributed by atoms with Crippen LogP contribution in [-0.2, 0) is 20.9 Å². The van der Waals surface area contributed by atoms with E-state index in [2.05, 4.69) is 21.3 Å². The number of hydrogen-bond donors (Lipinski definition) is 4. The van der Waals surface area contributed by atoms with E-state index in [0.29, 0.717) is 6.54 Å². The molecule has 0 radical (unpaired) electrons. The van der Waals surface area contributed by atoms with Crippen molar-refractivity contribution in [3.63, 3.8) is 0 Å². The molecule has 0 bridgehead atoms. The van der Waals surface area contributed by atoms with E-state index >= 15 is 0 Å². The fourth-order valence-electron chi connectivity index (χ4n) is 3.87. The lowest BCUT2D eigenvalue weighted by molar-refractivity contribution is -0.140. The van der Waals surface area contributed by atoms with Crippen LogP contribution >= 0.6 is 0 Å². The van der Waals surface area contributed by atoms with Crippen molar-refractivity contribution in [1.29, 1.82) is 0 Å². The van der Waals surface area contributed by atoms with Gasteiger partial charge in [-0.3, -0.25) is 30.3 Å².